The third-order valence-electron chi connectivity index (χ3n) is 4.99. The Morgan fingerprint density at radius 1 is 1.30 bits per heavy atom. The first-order valence-electron chi connectivity index (χ1n) is 8.00. The van der Waals surface area contributed by atoms with Crippen LogP contribution in [0.5, 0.6) is 0 Å². The Labute approximate surface area is 145 Å². The summed E-state index contributed by atoms with van der Waals surface area (Å²) in [7, 11) is 0. The molecule has 0 spiro atoms. The van der Waals surface area contributed by atoms with Crippen molar-refractivity contribution in [1.29, 1.82) is 0 Å². The second-order valence-electron chi connectivity index (χ2n) is 6.20. The first kappa shape index (κ1) is 16.5. The van der Waals surface area contributed by atoms with Crippen LogP contribution in [-0.2, 0) is 10.2 Å². The van der Waals surface area contributed by atoms with Gasteiger partial charge >= 0.3 is 0 Å². The summed E-state index contributed by atoms with van der Waals surface area (Å²) in [6.45, 7) is 2.10. The topological polar surface area (TPSA) is 42.0 Å². The van der Waals surface area contributed by atoms with E-state index in [9.17, 15) is 4.79 Å². The van der Waals surface area contributed by atoms with Gasteiger partial charge in [-0.2, -0.15) is 0 Å². The molecule has 1 N–H and O–H groups in total. The maximum Gasteiger partial charge on any atom is 0.236 e. The quantitative estimate of drug-likeness (QED) is 0.779. The second kappa shape index (κ2) is 7.05. The molecule has 0 radical (unpaired) electrons. The second-order valence-corrected chi connectivity index (χ2v) is 7.98. The third kappa shape index (κ3) is 3.31. The highest BCUT2D eigenvalue weighted by Gasteiger charge is 2.44. The lowest BCUT2D eigenvalue weighted by molar-refractivity contribution is -0.122. The standard InChI is InChI=1S/C18H22N2OS2/c1-18(13-5-3-4-6-13,14-7-9-15(22-2)10-8-14)16(21)20-17-19-11-12-23-17/h7-13H,3-6H2,1-2H3,(H,19,20,21). The molecule has 1 aliphatic rings. The lowest BCUT2D eigenvalue weighted by atomic mass is 9.70. The van der Waals surface area contributed by atoms with E-state index in [-0.39, 0.29) is 5.91 Å². The maximum absolute atomic E-state index is 13.1. The Morgan fingerprint density at radius 3 is 2.57 bits per heavy atom. The van der Waals surface area contributed by atoms with Crippen molar-refractivity contribution in [2.24, 2.45) is 5.92 Å². The molecular formula is C18H22N2OS2. The molecule has 1 aromatic carbocycles. The molecule has 3 rings (SSSR count). The van der Waals surface area contributed by atoms with Crippen molar-refractivity contribution in [3.05, 3.63) is 41.4 Å². The van der Waals surface area contributed by atoms with Crippen molar-refractivity contribution in [2.45, 2.75) is 42.9 Å². The Bertz CT molecular complexity index is 648. The van der Waals surface area contributed by atoms with Gasteiger partial charge in [-0.15, -0.1) is 23.1 Å². The van der Waals surface area contributed by atoms with Crippen LogP contribution in [0.25, 0.3) is 0 Å². The van der Waals surface area contributed by atoms with Crippen LogP contribution in [0.3, 0.4) is 0 Å². The molecule has 1 fully saturated rings. The van der Waals surface area contributed by atoms with Crippen molar-refractivity contribution in [3.63, 3.8) is 0 Å². The molecule has 2 aromatic rings. The van der Waals surface area contributed by atoms with E-state index in [1.165, 1.54) is 29.1 Å². The lowest BCUT2D eigenvalue weighted by Gasteiger charge is -2.34. The predicted molar refractivity (Wildman–Crippen MR) is 98.3 cm³/mol. The summed E-state index contributed by atoms with van der Waals surface area (Å²) < 4.78 is 0. The summed E-state index contributed by atoms with van der Waals surface area (Å²) in [6, 6.07) is 8.46. The normalized spacial score (nSPS) is 17.8. The molecule has 23 heavy (non-hydrogen) atoms. The zero-order chi connectivity index (χ0) is 16.3. The minimum absolute atomic E-state index is 0.0660. The Hall–Kier alpha value is -1.33. The Balaban J connectivity index is 1.93. The fourth-order valence-corrected chi connectivity index (χ4v) is 4.44. The van der Waals surface area contributed by atoms with Crippen LogP contribution in [0, 0.1) is 5.92 Å². The average Bonchev–Trinajstić information content (AvgIpc) is 3.28. The Kier molecular flexibility index (Phi) is 5.07. The number of nitrogens with one attached hydrogen (secondary N) is 1. The van der Waals surface area contributed by atoms with Crippen molar-refractivity contribution >= 4 is 34.1 Å². The number of carbonyl (C=O) groups is 1. The van der Waals surface area contributed by atoms with Crippen LogP contribution in [0.2, 0.25) is 0 Å². The maximum atomic E-state index is 13.1. The minimum Gasteiger partial charge on any atom is -0.301 e. The fourth-order valence-electron chi connectivity index (χ4n) is 3.50. The number of nitrogens with zero attached hydrogens (tertiary/aromatic N) is 1. The van der Waals surface area contributed by atoms with Gasteiger partial charge in [-0.25, -0.2) is 4.98 Å². The molecule has 0 aliphatic heterocycles. The van der Waals surface area contributed by atoms with Gasteiger partial charge in [0.1, 0.15) is 0 Å². The van der Waals surface area contributed by atoms with E-state index in [1.807, 2.05) is 5.38 Å². The summed E-state index contributed by atoms with van der Waals surface area (Å²) in [4.78, 5) is 18.6. The number of carbonyl (C=O) groups excluding carboxylic acids is 1. The van der Waals surface area contributed by atoms with Crippen LogP contribution >= 0.6 is 23.1 Å². The summed E-state index contributed by atoms with van der Waals surface area (Å²) in [5.74, 6) is 0.457. The average molecular weight is 347 g/mol. The van der Waals surface area contributed by atoms with Crippen molar-refractivity contribution in [3.8, 4) is 0 Å². The molecule has 5 heteroatoms. The number of thiazole rings is 1. The first-order chi connectivity index (χ1) is 11.1. The van der Waals surface area contributed by atoms with Gasteiger partial charge in [0.05, 0.1) is 5.41 Å². The van der Waals surface area contributed by atoms with Crippen molar-refractivity contribution in [2.75, 3.05) is 11.6 Å². The smallest absolute Gasteiger partial charge is 0.236 e. The predicted octanol–water partition coefficient (Wildman–Crippen LogP) is 4.95. The third-order valence-corrected chi connectivity index (χ3v) is 6.42. The van der Waals surface area contributed by atoms with E-state index in [4.69, 9.17) is 0 Å². The van der Waals surface area contributed by atoms with Gasteiger partial charge < -0.3 is 5.32 Å². The SMILES string of the molecule is CSc1ccc(C(C)(C(=O)Nc2nccs2)C2CCCC2)cc1. The fraction of sp³-hybridized carbons (Fsp3) is 0.444. The number of benzene rings is 1. The number of hydrogen-bond donors (Lipinski definition) is 1. The van der Waals surface area contributed by atoms with Crippen molar-refractivity contribution < 1.29 is 4.79 Å². The summed E-state index contributed by atoms with van der Waals surface area (Å²) in [5, 5.41) is 5.59. The molecule has 0 bridgehead atoms. The zero-order valence-electron chi connectivity index (χ0n) is 13.5. The molecule has 1 aliphatic carbocycles. The van der Waals surface area contributed by atoms with Gasteiger partial charge in [0, 0.05) is 16.5 Å². The zero-order valence-corrected chi connectivity index (χ0v) is 15.2. The van der Waals surface area contributed by atoms with Gasteiger partial charge in [0.25, 0.3) is 0 Å². The van der Waals surface area contributed by atoms with E-state index in [2.05, 4.69) is 47.7 Å². The molecule has 1 atom stereocenters. The van der Waals surface area contributed by atoms with Crippen LogP contribution in [-0.4, -0.2) is 17.1 Å². The van der Waals surface area contributed by atoms with Crippen LogP contribution < -0.4 is 5.32 Å². The lowest BCUT2D eigenvalue weighted by Crippen LogP contribution is -2.43. The number of amides is 1. The van der Waals surface area contributed by atoms with Crippen LogP contribution in [0.4, 0.5) is 5.13 Å². The number of aromatic nitrogens is 1. The first-order valence-corrected chi connectivity index (χ1v) is 10.1. The number of rotatable bonds is 5. The molecule has 1 saturated carbocycles. The number of hydrogen-bond acceptors (Lipinski definition) is 4. The van der Waals surface area contributed by atoms with Crippen LogP contribution in [0.15, 0.2) is 40.7 Å². The summed E-state index contributed by atoms with van der Waals surface area (Å²) in [5.41, 5.74) is 0.607. The highest BCUT2D eigenvalue weighted by atomic mass is 32.2. The molecule has 1 amide bonds. The molecule has 0 saturated heterocycles. The molecule has 1 aromatic heterocycles. The number of thioether (sulfide) groups is 1. The summed E-state index contributed by atoms with van der Waals surface area (Å²) >= 11 is 3.19. The molecule has 1 unspecified atom stereocenters. The molecule has 122 valence electrons. The molecule has 3 nitrogen and oxygen atoms in total. The molecular weight excluding hydrogens is 324 g/mol. The van der Waals surface area contributed by atoms with Gasteiger partial charge in [0.15, 0.2) is 5.13 Å². The van der Waals surface area contributed by atoms with E-state index in [0.29, 0.717) is 11.0 Å². The van der Waals surface area contributed by atoms with E-state index in [0.717, 1.165) is 18.4 Å². The highest BCUT2D eigenvalue weighted by Crippen LogP contribution is 2.43. The van der Waals surface area contributed by atoms with E-state index in [1.54, 1.807) is 18.0 Å². The van der Waals surface area contributed by atoms with Gasteiger partial charge in [-0.05, 0) is 49.6 Å². The van der Waals surface area contributed by atoms with Crippen LogP contribution in [0.1, 0.15) is 38.2 Å². The largest absolute Gasteiger partial charge is 0.301 e. The number of anilines is 1. The highest BCUT2D eigenvalue weighted by molar-refractivity contribution is 7.98. The van der Waals surface area contributed by atoms with E-state index >= 15 is 0 Å². The monoisotopic (exact) mass is 346 g/mol. The minimum atomic E-state index is -0.501. The molecule has 1 heterocycles. The van der Waals surface area contributed by atoms with Gasteiger partial charge in [-0.3, -0.25) is 4.79 Å². The van der Waals surface area contributed by atoms with Gasteiger partial charge in [0.2, 0.25) is 5.91 Å². The summed E-state index contributed by atoms with van der Waals surface area (Å²) in [6.07, 6.45) is 8.46. The Morgan fingerprint density at radius 2 is 2.00 bits per heavy atom. The van der Waals surface area contributed by atoms with E-state index < -0.39 is 5.41 Å². The van der Waals surface area contributed by atoms with Crippen molar-refractivity contribution in [1.82, 2.24) is 4.98 Å². The van der Waals surface area contributed by atoms with Gasteiger partial charge in [-0.1, -0.05) is 25.0 Å².